The number of halogens is 5. The lowest BCUT2D eigenvalue weighted by molar-refractivity contribution is 0.118. The zero-order chi connectivity index (χ0) is 19.7. The van der Waals surface area contributed by atoms with E-state index in [1.807, 2.05) is 0 Å². The van der Waals surface area contributed by atoms with E-state index in [1.165, 1.54) is 0 Å². The van der Waals surface area contributed by atoms with E-state index in [0.29, 0.717) is 5.52 Å². The van der Waals surface area contributed by atoms with E-state index in [-0.39, 0.29) is 4.34 Å². The summed E-state index contributed by atoms with van der Waals surface area (Å²) in [6.45, 7) is -0.824. The largest absolute Gasteiger partial charge is 0.485 e. The molecule has 0 aliphatic rings. The predicted octanol–water partition coefficient (Wildman–Crippen LogP) is 3.54. The molecule has 2 unspecified atom stereocenters. The van der Waals surface area contributed by atoms with E-state index < -0.39 is 64.1 Å². The van der Waals surface area contributed by atoms with E-state index in [0.717, 1.165) is 16.0 Å². The Balaban J connectivity index is 1.68. The molecule has 3 rings (SSSR count). The van der Waals surface area contributed by atoms with Crippen molar-refractivity contribution in [2.45, 2.75) is 10.4 Å². The molecule has 0 aliphatic carbocycles. The van der Waals surface area contributed by atoms with Gasteiger partial charge >= 0.3 is 0 Å². The third kappa shape index (κ3) is 3.94. The van der Waals surface area contributed by atoms with Crippen molar-refractivity contribution < 1.29 is 36.0 Å². The number of aromatic nitrogens is 1. The summed E-state index contributed by atoms with van der Waals surface area (Å²) in [5.74, 6) is -12.8. The monoisotopic (exact) mass is 423 g/mol. The molecule has 27 heavy (non-hydrogen) atoms. The number of para-hydroxylation sites is 1. The number of aliphatic hydroxyl groups excluding tert-OH is 1. The molecule has 0 bridgehead atoms. The van der Waals surface area contributed by atoms with E-state index in [4.69, 9.17) is 0 Å². The third-order valence-electron chi connectivity index (χ3n) is 3.40. The van der Waals surface area contributed by atoms with E-state index >= 15 is 0 Å². The number of fused-ring (bicyclic) bond motifs is 1. The van der Waals surface area contributed by atoms with Gasteiger partial charge in [-0.15, -0.1) is 11.3 Å². The highest BCUT2D eigenvalue weighted by atomic mass is 32.2. The van der Waals surface area contributed by atoms with Gasteiger partial charge in [-0.1, -0.05) is 12.1 Å². The highest BCUT2D eigenvalue weighted by Gasteiger charge is 2.27. The number of benzene rings is 2. The average molecular weight is 423 g/mol. The van der Waals surface area contributed by atoms with Crippen molar-refractivity contribution in [1.82, 2.24) is 4.98 Å². The van der Waals surface area contributed by atoms with E-state index in [2.05, 4.69) is 9.72 Å². The summed E-state index contributed by atoms with van der Waals surface area (Å²) in [7, 11) is -1.75. The van der Waals surface area contributed by atoms with Gasteiger partial charge in [-0.25, -0.2) is 18.2 Å². The summed E-state index contributed by atoms with van der Waals surface area (Å²) < 4.78 is 84.0. The summed E-state index contributed by atoms with van der Waals surface area (Å²) in [6, 6.07) is 7.02. The number of nitrogens with zero attached hydrogens (tertiary/aromatic N) is 1. The van der Waals surface area contributed by atoms with Crippen LogP contribution in [0.15, 0.2) is 28.6 Å². The highest BCUT2D eigenvalue weighted by molar-refractivity contribution is 7.87. The van der Waals surface area contributed by atoms with Crippen molar-refractivity contribution >= 4 is 32.4 Å². The average Bonchev–Trinajstić information content (AvgIpc) is 3.09. The number of hydrogen-bond donors (Lipinski definition) is 1. The molecule has 0 radical (unpaired) electrons. The molecule has 11 heteroatoms. The first-order valence-electron chi connectivity index (χ1n) is 7.35. The van der Waals surface area contributed by atoms with Crippen LogP contribution in [0.4, 0.5) is 22.0 Å². The maximum Gasteiger partial charge on any atom is 0.206 e. The SMILES string of the molecule is O=S(CC(O)COc1c(F)c(F)c(F)c(F)c1F)c1nc2ccccc2s1. The molecule has 1 aromatic heterocycles. The van der Waals surface area contributed by atoms with Gasteiger partial charge in [0.1, 0.15) is 6.61 Å². The Kier molecular flexibility index (Phi) is 5.72. The van der Waals surface area contributed by atoms with Crippen LogP contribution in [0.2, 0.25) is 0 Å². The van der Waals surface area contributed by atoms with Crippen molar-refractivity contribution in [3.05, 3.63) is 53.4 Å². The van der Waals surface area contributed by atoms with Crippen LogP contribution in [0, 0.1) is 29.1 Å². The highest BCUT2D eigenvalue weighted by Crippen LogP contribution is 2.29. The van der Waals surface area contributed by atoms with Crippen molar-refractivity contribution in [2.75, 3.05) is 12.4 Å². The standard InChI is InChI=1S/C16H10F5NO3S2/c17-10-11(18)13(20)15(14(21)12(10)19)25-5-7(23)6-27(24)16-22-8-3-1-2-4-9(8)26-16/h1-4,7,23H,5-6H2. The molecule has 144 valence electrons. The van der Waals surface area contributed by atoms with E-state index in [1.54, 1.807) is 24.3 Å². The number of hydrogen-bond acceptors (Lipinski definition) is 5. The fourth-order valence-electron chi connectivity index (χ4n) is 2.13. The van der Waals surface area contributed by atoms with Gasteiger partial charge in [0, 0.05) is 0 Å². The normalized spacial score (nSPS) is 13.7. The lowest BCUT2D eigenvalue weighted by atomic mass is 10.2. The fraction of sp³-hybridized carbons (Fsp3) is 0.188. The predicted molar refractivity (Wildman–Crippen MR) is 88.6 cm³/mol. The van der Waals surface area contributed by atoms with Crippen molar-refractivity contribution in [3.63, 3.8) is 0 Å². The molecule has 3 aromatic rings. The van der Waals surface area contributed by atoms with Crippen LogP contribution >= 0.6 is 11.3 Å². The minimum atomic E-state index is -2.31. The Bertz CT molecular complexity index is 965. The second-order valence-corrected chi connectivity index (χ2v) is 8.02. The Morgan fingerprint density at radius 2 is 1.63 bits per heavy atom. The zero-order valence-electron chi connectivity index (χ0n) is 13.2. The van der Waals surface area contributed by atoms with Crippen LogP contribution in [0.25, 0.3) is 10.2 Å². The Morgan fingerprint density at radius 1 is 1.04 bits per heavy atom. The number of thiazole rings is 1. The first-order chi connectivity index (χ1) is 12.8. The van der Waals surface area contributed by atoms with Crippen LogP contribution in [-0.4, -0.2) is 32.8 Å². The summed E-state index contributed by atoms with van der Waals surface area (Å²) in [5.41, 5.74) is 0.623. The number of rotatable bonds is 6. The van der Waals surface area contributed by atoms with Gasteiger partial charge < -0.3 is 9.84 Å². The minimum Gasteiger partial charge on any atom is -0.485 e. The molecule has 0 saturated heterocycles. The van der Waals surface area contributed by atoms with Crippen molar-refractivity contribution in [3.8, 4) is 5.75 Å². The smallest absolute Gasteiger partial charge is 0.206 e. The number of ether oxygens (including phenoxy) is 1. The third-order valence-corrected chi connectivity index (χ3v) is 6.21. The second kappa shape index (κ2) is 7.87. The second-order valence-electron chi connectivity index (χ2n) is 5.32. The quantitative estimate of drug-likeness (QED) is 0.374. The summed E-state index contributed by atoms with van der Waals surface area (Å²) >= 11 is 1.15. The Hall–Kier alpha value is -2.11. The van der Waals surface area contributed by atoms with Crippen molar-refractivity contribution in [1.29, 1.82) is 0 Å². The Morgan fingerprint density at radius 3 is 2.26 bits per heavy atom. The first-order valence-corrected chi connectivity index (χ1v) is 9.49. The molecule has 2 atom stereocenters. The molecule has 0 amide bonds. The van der Waals surface area contributed by atoms with Gasteiger partial charge in [0.2, 0.25) is 29.1 Å². The number of aliphatic hydroxyl groups is 1. The molecular weight excluding hydrogens is 413 g/mol. The maximum atomic E-state index is 13.5. The van der Waals surface area contributed by atoms with Crippen LogP contribution in [0.3, 0.4) is 0 Å². The van der Waals surface area contributed by atoms with Gasteiger partial charge in [-0.05, 0) is 12.1 Å². The van der Waals surface area contributed by atoms with Gasteiger partial charge in [0.05, 0.1) is 32.9 Å². The minimum absolute atomic E-state index is 0.228. The van der Waals surface area contributed by atoms with Gasteiger partial charge in [0.25, 0.3) is 0 Å². The molecule has 1 N–H and O–H groups in total. The van der Waals surface area contributed by atoms with Crippen LogP contribution in [-0.2, 0) is 10.8 Å². The maximum absolute atomic E-state index is 13.5. The van der Waals surface area contributed by atoms with Gasteiger partial charge in [-0.3, -0.25) is 4.21 Å². The van der Waals surface area contributed by atoms with E-state index in [9.17, 15) is 31.3 Å². The Labute approximate surface area is 155 Å². The summed E-state index contributed by atoms with van der Waals surface area (Å²) in [6.07, 6.45) is -1.49. The molecule has 0 spiro atoms. The lowest BCUT2D eigenvalue weighted by Gasteiger charge is -2.13. The van der Waals surface area contributed by atoms with Crippen LogP contribution < -0.4 is 4.74 Å². The molecule has 0 fully saturated rings. The topological polar surface area (TPSA) is 59.4 Å². The molecule has 1 heterocycles. The molecule has 2 aromatic carbocycles. The van der Waals surface area contributed by atoms with Gasteiger partial charge in [-0.2, -0.15) is 8.78 Å². The molecule has 4 nitrogen and oxygen atoms in total. The van der Waals surface area contributed by atoms with Crippen LogP contribution in [0.5, 0.6) is 5.75 Å². The fourth-order valence-corrected chi connectivity index (χ4v) is 4.46. The molecule has 0 saturated carbocycles. The molecular formula is C16H10F5NO3S2. The summed E-state index contributed by atoms with van der Waals surface area (Å²) in [5, 5.41) is 9.84. The van der Waals surface area contributed by atoms with Crippen LogP contribution in [0.1, 0.15) is 0 Å². The first kappa shape index (κ1) is 19.6. The van der Waals surface area contributed by atoms with Gasteiger partial charge in [0.15, 0.2) is 10.1 Å². The summed E-state index contributed by atoms with van der Waals surface area (Å²) in [4.78, 5) is 4.15. The van der Waals surface area contributed by atoms with Crippen molar-refractivity contribution in [2.24, 2.45) is 0 Å². The zero-order valence-corrected chi connectivity index (χ0v) is 14.9. The lowest BCUT2D eigenvalue weighted by Crippen LogP contribution is -2.25. The molecule has 0 aliphatic heterocycles.